The maximum Gasteiger partial charge on any atom is 0.238 e. The minimum absolute atomic E-state index is 0.268. The van der Waals surface area contributed by atoms with E-state index < -0.39 is 17.5 Å². The van der Waals surface area contributed by atoms with Gasteiger partial charge in [-0.05, 0) is 28.8 Å². The maximum atomic E-state index is 7.21. The molecule has 48 heavy (non-hydrogen) atoms. The molecule has 1 N–H and O–H groups in total. The second-order valence-corrected chi connectivity index (χ2v) is 12.9. The molecule has 6 aromatic rings. The van der Waals surface area contributed by atoms with E-state index >= 15 is 0 Å². The zero-order valence-electron chi connectivity index (χ0n) is 26.0. The van der Waals surface area contributed by atoms with E-state index in [0.717, 1.165) is 39.1 Å². The standard InChI is InChI=1S/C42H32Cl2N4/c43-36-27-15-13-25-34(36)40-46-39(31-19-7-2-8-20-31)41(32-21-9-3-10-22-32,33-23-11-4-12-24-33)48(40)42(35-26-14-16-28-37(35)44)45-29-38(47-42)30-17-5-1-6-18-30/h1-29,39-40,46H. The molecule has 234 valence electrons. The highest BCUT2D eigenvalue weighted by Crippen LogP contribution is 2.61. The number of aliphatic imine (C=N–C) groups is 2. The smallest absolute Gasteiger partial charge is 0.238 e. The monoisotopic (exact) mass is 662 g/mol. The summed E-state index contributed by atoms with van der Waals surface area (Å²) in [6.45, 7) is 0. The van der Waals surface area contributed by atoms with Gasteiger partial charge in [-0.1, -0.05) is 181 Å². The van der Waals surface area contributed by atoms with E-state index in [1.165, 1.54) is 0 Å². The second kappa shape index (κ2) is 12.6. The van der Waals surface area contributed by atoms with Crippen LogP contribution in [-0.4, -0.2) is 16.8 Å². The molecule has 0 aromatic heterocycles. The van der Waals surface area contributed by atoms with Crippen molar-refractivity contribution in [2.75, 3.05) is 0 Å². The molecule has 4 nitrogen and oxygen atoms in total. The lowest BCUT2D eigenvalue weighted by atomic mass is 9.73. The van der Waals surface area contributed by atoms with Gasteiger partial charge in [0, 0.05) is 26.7 Å². The summed E-state index contributed by atoms with van der Waals surface area (Å²) in [7, 11) is 0. The molecule has 0 spiro atoms. The number of nitrogens with zero attached hydrogens (tertiary/aromatic N) is 3. The molecule has 0 bridgehead atoms. The summed E-state index contributed by atoms with van der Waals surface area (Å²) >= 11 is 14.3. The van der Waals surface area contributed by atoms with Gasteiger partial charge in [0.15, 0.2) is 0 Å². The summed E-state index contributed by atoms with van der Waals surface area (Å²) < 4.78 is 0. The summed E-state index contributed by atoms with van der Waals surface area (Å²) in [4.78, 5) is 13.5. The van der Waals surface area contributed by atoms with Crippen LogP contribution in [0.15, 0.2) is 180 Å². The van der Waals surface area contributed by atoms with E-state index in [2.05, 4.69) is 119 Å². The van der Waals surface area contributed by atoms with Gasteiger partial charge in [-0.2, -0.15) is 0 Å². The molecule has 6 aromatic carbocycles. The fourth-order valence-electron chi connectivity index (χ4n) is 7.43. The fraction of sp³-hybridized carbons (Fsp3) is 0.0952. The molecule has 8 rings (SSSR count). The summed E-state index contributed by atoms with van der Waals surface area (Å²) in [6.07, 6.45) is 1.43. The normalized spacial score (nSPS) is 21.7. The van der Waals surface area contributed by atoms with Crippen LogP contribution in [-0.2, 0) is 11.3 Å². The highest BCUT2D eigenvalue weighted by Gasteiger charge is 2.64. The van der Waals surface area contributed by atoms with E-state index in [4.69, 9.17) is 33.2 Å². The van der Waals surface area contributed by atoms with E-state index in [9.17, 15) is 0 Å². The number of benzene rings is 6. The van der Waals surface area contributed by atoms with Gasteiger partial charge < -0.3 is 0 Å². The Labute approximate surface area is 291 Å². The molecule has 3 unspecified atom stereocenters. The average molecular weight is 664 g/mol. The summed E-state index contributed by atoms with van der Waals surface area (Å²) in [5, 5.41) is 5.32. The summed E-state index contributed by atoms with van der Waals surface area (Å²) in [6, 6.07) is 57.8. The van der Waals surface area contributed by atoms with Crippen LogP contribution in [0.25, 0.3) is 0 Å². The largest absolute Gasteiger partial charge is 0.288 e. The third-order valence-electron chi connectivity index (χ3n) is 9.42. The molecule has 0 saturated carbocycles. The Balaban J connectivity index is 1.54. The van der Waals surface area contributed by atoms with Crippen molar-refractivity contribution in [2.24, 2.45) is 9.98 Å². The van der Waals surface area contributed by atoms with Crippen LogP contribution in [0.1, 0.15) is 45.6 Å². The van der Waals surface area contributed by atoms with Crippen molar-refractivity contribution in [1.82, 2.24) is 10.2 Å². The third-order valence-corrected chi connectivity index (χ3v) is 10.1. The number of rotatable bonds is 7. The Kier molecular flexibility index (Phi) is 8.03. The van der Waals surface area contributed by atoms with Gasteiger partial charge in [0.1, 0.15) is 0 Å². The van der Waals surface area contributed by atoms with Crippen LogP contribution in [0.5, 0.6) is 0 Å². The lowest BCUT2D eigenvalue weighted by molar-refractivity contribution is -0.00276. The highest BCUT2D eigenvalue weighted by atomic mass is 35.5. The maximum absolute atomic E-state index is 7.21. The topological polar surface area (TPSA) is 40.0 Å². The Morgan fingerprint density at radius 1 is 0.562 bits per heavy atom. The summed E-state index contributed by atoms with van der Waals surface area (Å²) in [5.74, 6) is -1.31. The third kappa shape index (κ3) is 4.92. The van der Waals surface area contributed by atoms with E-state index in [-0.39, 0.29) is 6.04 Å². The van der Waals surface area contributed by atoms with Crippen LogP contribution in [0, 0.1) is 0 Å². The molecule has 2 aliphatic heterocycles. The van der Waals surface area contributed by atoms with Crippen molar-refractivity contribution in [3.63, 3.8) is 0 Å². The van der Waals surface area contributed by atoms with E-state index in [1.807, 2.05) is 66.9 Å². The van der Waals surface area contributed by atoms with Crippen LogP contribution in [0.3, 0.4) is 0 Å². The molecule has 2 aliphatic rings. The molecule has 2 heterocycles. The zero-order valence-corrected chi connectivity index (χ0v) is 27.5. The van der Waals surface area contributed by atoms with Crippen molar-refractivity contribution >= 4 is 35.1 Å². The molecule has 0 amide bonds. The quantitative estimate of drug-likeness (QED) is 0.185. The van der Waals surface area contributed by atoms with Crippen molar-refractivity contribution in [1.29, 1.82) is 0 Å². The molecule has 6 heteroatoms. The summed E-state index contributed by atoms with van der Waals surface area (Å²) in [5.41, 5.74) is 5.84. The predicted molar refractivity (Wildman–Crippen MR) is 197 cm³/mol. The molecule has 0 radical (unpaired) electrons. The Bertz CT molecular complexity index is 2060. The highest BCUT2D eigenvalue weighted by molar-refractivity contribution is 6.39. The number of hydrogen-bond acceptors (Lipinski definition) is 4. The van der Waals surface area contributed by atoms with Crippen LogP contribution < -0.4 is 5.32 Å². The van der Waals surface area contributed by atoms with E-state index in [0.29, 0.717) is 10.0 Å². The molecular formula is C42H32Cl2N4. The van der Waals surface area contributed by atoms with Crippen molar-refractivity contribution < 1.29 is 0 Å². The molecule has 1 saturated heterocycles. The first kappa shape index (κ1) is 30.5. The van der Waals surface area contributed by atoms with Gasteiger partial charge in [0.2, 0.25) is 5.79 Å². The first-order valence-corrected chi connectivity index (χ1v) is 16.8. The van der Waals surface area contributed by atoms with Gasteiger partial charge in [-0.15, -0.1) is 0 Å². The number of hydrogen-bond donors (Lipinski definition) is 1. The average Bonchev–Trinajstić information content (AvgIpc) is 3.75. The second-order valence-electron chi connectivity index (χ2n) is 12.0. The van der Waals surface area contributed by atoms with E-state index in [1.54, 1.807) is 0 Å². The van der Waals surface area contributed by atoms with Crippen LogP contribution in [0.2, 0.25) is 10.0 Å². The number of halogens is 2. The first-order chi connectivity index (χ1) is 23.6. The van der Waals surface area contributed by atoms with Gasteiger partial charge >= 0.3 is 0 Å². The lowest BCUT2D eigenvalue weighted by Gasteiger charge is -2.50. The van der Waals surface area contributed by atoms with Crippen molar-refractivity contribution in [3.05, 3.63) is 213 Å². The Morgan fingerprint density at radius 3 is 1.69 bits per heavy atom. The molecule has 3 atom stereocenters. The van der Waals surface area contributed by atoms with Crippen molar-refractivity contribution in [2.45, 2.75) is 23.5 Å². The first-order valence-electron chi connectivity index (χ1n) is 16.0. The van der Waals surface area contributed by atoms with Gasteiger partial charge in [0.05, 0.1) is 29.7 Å². The number of nitrogens with one attached hydrogen (secondary N) is 1. The fourth-order valence-corrected chi connectivity index (χ4v) is 7.93. The van der Waals surface area contributed by atoms with Crippen LogP contribution in [0.4, 0.5) is 0 Å². The van der Waals surface area contributed by atoms with Crippen molar-refractivity contribution in [3.8, 4) is 0 Å². The molecule has 1 fully saturated rings. The zero-order chi connectivity index (χ0) is 32.6. The lowest BCUT2D eigenvalue weighted by Crippen LogP contribution is -2.55. The molecule has 0 aliphatic carbocycles. The predicted octanol–water partition coefficient (Wildman–Crippen LogP) is 9.97. The van der Waals surface area contributed by atoms with Crippen LogP contribution >= 0.6 is 23.2 Å². The van der Waals surface area contributed by atoms with Gasteiger partial charge in [-0.25, -0.2) is 14.9 Å². The molecular weight excluding hydrogens is 631 g/mol. The minimum Gasteiger partial charge on any atom is -0.288 e. The van der Waals surface area contributed by atoms with Gasteiger partial charge in [0.25, 0.3) is 0 Å². The Morgan fingerprint density at radius 2 is 1.08 bits per heavy atom. The minimum atomic E-state index is -1.31. The Hall–Kier alpha value is -4.84. The SMILES string of the molecule is Clc1ccccc1C1NC(c2ccccc2)C(c2ccccc2)(c2ccccc2)N1C1(c2ccccc2Cl)N=CC(c2ccccc2)=N1. The van der Waals surface area contributed by atoms with Gasteiger partial charge in [-0.3, -0.25) is 5.32 Å².